The van der Waals surface area contributed by atoms with Crippen molar-refractivity contribution in [3.8, 4) is 22.3 Å². The van der Waals surface area contributed by atoms with Gasteiger partial charge in [0.1, 0.15) is 0 Å². The Kier molecular flexibility index (Phi) is 11.4. The van der Waals surface area contributed by atoms with Crippen molar-refractivity contribution in [1.82, 2.24) is 0 Å². The summed E-state index contributed by atoms with van der Waals surface area (Å²) in [5.41, 5.74) is -6.87. The number of alkyl halides is 12. The first-order valence-corrected chi connectivity index (χ1v) is 21.9. The quantitative estimate of drug-likeness (QED) is 0.0809. The van der Waals surface area contributed by atoms with E-state index >= 15 is 52.7 Å². The van der Waals surface area contributed by atoms with Crippen LogP contribution in [0.2, 0.25) is 0 Å². The van der Waals surface area contributed by atoms with E-state index in [0.29, 0.717) is 69.0 Å². The Morgan fingerprint density at radius 3 is 0.743 bits per heavy atom. The second-order valence-electron chi connectivity index (χ2n) is 17.1. The molecular weight excluding hydrogens is 922 g/mol. The van der Waals surface area contributed by atoms with E-state index in [-0.39, 0.29) is 32.5 Å². The molecular formula is C56H32B2F12. The highest BCUT2D eigenvalue weighted by molar-refractivity contribution is 6.98. The second-order valence-corrected chi connectivity index (χ2v) is 17.1. The molecule has 0 spiro atoms. The monoisotopic (exact) mass is 954 g/mol. The first kappa shape index (κ1) is 46.3. The minimum atomic E-state index is -5.33. The standard InChI is InChI=1S/C56H32B2F12/c59-53(60,61)43-23-13-24-44(54(62,63)64)51(43)41-31-47(57(33-15-5-1-6-16-33)34-17-7-2-8-18-34)39-29-30-40-48(58(35-19-9-3-10-20-35)36-21-11-4-12-22-36)32-42(38-28-27-37(41)49(39)50(38)40)52-45(55(65,66)67)25-14-26-46(52)56(68,69)70/h1-32H. The summed E-state index contributed by atoms with van der Waals surface area (Å²) in [6.07, 6.45) is -21.3. The molecule has 0 amide bonds. The fourth-order valence-corrected chi connectivity index (χ4v) is 10.3. The predicted molar refractivity (Wildman–Crippen MR) is 256 cm³/mol. The average Bonchev–Trinajstić information content (AvgIpc) is 3.33. The van der Waals surface area contributed by atoms with E-state index in [4.69, 9.17) is 0 Å². The Morgan fingerprint density at radius 1 is 0.257 bits per heavy atom. The highest BCUT2D eigenvalue weighted by atomic mass is 19.4. The first-order valence-electron chi connectivity index (χ1n) is 21.9. The van der Waals surface area contributed by atoms with Crippen LogP contribution in [0.3, 0.4) is 0 Å². The van der Waals surface area contributed by atoms with Gasteiger partial charge in [0.05, 0.1) is 22.3 Å². The lowest BCUT2D eigenvalue weighted by Crippen LogP contribution is -2.52. The zero-order valence-corrected chi connectivity index (χ0v) is 36.2. The maximum absolute atomic E-state index is 15.3. The molecule has 0 unspecified atom stereocenters. The van der Waals surface area contributed by atoms with Gasteiger partial charge in [0.2, 0.25) is 13.4 Å². The molecule has 0 aliphatic heterocycles. The Labute approximate surface area is 393 Å². The van der Waals surface area contributed by atoms with Crippen LogP contribution in [0.5, 0.6) is 0 Å². The van der Waals surface area contributed by atoms with Crippen LogP contribution in [-0.4, -0.2) is 13.4 Å². The molecule has 0 fully saturated rings. The molecule has 0 saturated carbocycles. The molecule has 14 heteroatoms. The molecule has 346 valence electrons. The van der Waals surface area contributed by atoms with Crippen molar-refractivity contribution < 1.29 is 52.7 Å². The molecule has 0 aliphatic carbocycles. The van der Waals surface area contributed by atoms with Crippen molar-refractivity contribution in [1.29, 1.82) is 0 Å². The summed E-state index contributed by atoms with van der Waals surface area (Å²) in [6, 6.07) is 46.8. The highest BCUT2D eigenvalue weighted by Gasteiger charge is 2.44. The van der Waals surface area contributed by atoms with Gasteiger partial charge in [-0.05, 0) is 67.7 Å². The Morgan fingerprint density at radius 2 is 0.500 bits per heavy atom. The zero-order chi connectivity index (χ0) is 49.3. The fraction of sp³-hybridized carbons (Fsp3) is 0.0714. The molecule has 0 aliphatic rings. The third-order valence-electron chi connectivity index (χ3n) is 13.0. The number of hydrogen-bond acceptors (Lipinski definition) is 0. The second kappa shape index (κ2) is 17.2. The molecule has 10 aromatic rings. The van der Waals surface area contributed by atoms with Gasteiger partial charge < -0.3 is 0 Å². The molecule has 0 heterocycles. The van der Waals surface area contributed by atoms with Gasteiger partial charge in [-0.25, -0.2) is 0 Å². The van der Waals surface area contributed by atoms with E-state index in [1.165, 1.54) is 24.3 Å². The average molecular weight is 954 g/mol. The Hall–Kier alpha value is -7.47. The van der Waals surface area contributed by atoms with Crippen LogP contribution in [0.25, 0.3) is 54.6 Å². The molecule has 0 nitrogen and oxygen atoms in total. The Balaban J connectivity index is 1.49. The smallest absolute Gasteiger partial charge is 0.166 e. The molecule has 70 heavy (non-hydrogen) atoms. The van der Waals surface area contributed by atoms with Gasteiger partial charge in [-0.2, -0.15) is 52.7 Å². The summed E-state index contributed by atoms with van der Waals surface area (Å²) in [5.74, 6) is 0. The fourth-order valence-electron chi connectivity index (χ4n) is 10.3. The molecule has 0 N–H and O–H groups in total. The van der Waals surface area contributed by atoms with E-state index in [0.717, 1.165) is 0 Å². The van der Waals surface area contributed by atoms with E-state index in [9.17, 15) is 0 Å². The van der Waals surface area contributed by atoms with Gasteiger partial charge in [0.15, 0.2) is 0 Å². The molecule has 0 aromatic heterocycles. The summed E-state index contributed by atoms with van der Waals surface area (Å²) >= 11 is 0. The Bertz CT molecular complexity index is 3150. The zero-order valence-electron chi connectivity index (χ0n) is 36.2. The van der Waals surface area contributed by atoms with Gasteiger partial charge in [-0.15, -0.1) is 0 Å². The van der Waals surface area contributed by atoms with Crippen LogP contribution in [0, 0.1) is 0 Å². The van der Waals surface area contributed by atoms with Gasteiger partial charge in [-0.3, -0.25) is 0 Å². The van der Waals surface area contributed by atoms with Crippen molar-refractivity contribution in [3.63, 3.8) is 0 Å². The lowest BCUT2D eigenvalue weighted by Gasteiger charge is -2.28. The number of halogens is 12. The summed E-state index contributed by atoms with van der Waals surface area (Å²) < 4.78 is 184. The summed E-state index contributed by atoms with van der Waals surface area (Å²) in [5, 5.41) is 0.408. The minimum Gasteiger partial charge on any atom is -0.166 e. The minimum absolute atomic E-state index is 0.0467. The van der Waals surface area contributed by atoms with Crippen molar-refractivity contribution in [2.24, 2.45) is 0 Å². The predicted octanol–water partition coefficient (Wildman–Crippen LogP) is 13.0. The van der Waals surface area contributed by atoms with Crippen LogP contribution < -0.4 is 32.8 Å². The van der Waals surface area contributed by atoms with Crippen LogP contribution in [0.4, 0.5) is 52.7 Å². The molecule has 0 atom stereocenters. The normalized spacial score (nSPS) is 12.6. The van der Waals surface area contributed by atoms with Crippen molar-refractivity contribution in [2.45, 2.75) is 24.7 Å². The SMILES string of the molecule is FC(F)(F)c1cccc(C(F)(F)F)c1-c1cc(B(c2ccccc2)c2ccccc2)c2ccc3c(B(c4ccccc4)c4ccccc4)cc(-c4c(C(F)(F)F)cccc4C(F)(F)F)c4ccc1c2c34. The molecule has 0 saturated heterocycles. The van der Waals surface area contributed by atoms with Crippen LogP contribution >= 0.6 is 0 Å². The molecule has 0 bridgehead atoms. The maximum Gasteiger partial charge on any atom is 0.417 e. The van der Waals surface area contributed by atoms with E-state index in [1.54, 1.807) is 133 Å². The van der Waals surface area contributed by atoms with Gasteiger partial charge in [0.25, 0.3) is 0 Å². The highest BCUT2D eigenvalue weighted by Crippen LogP contribution is 2.51. The lowest BCUT2D eigenvalue weighted by atomic mass is 9.35. The third-order valence-corrected chi connectivity index (χ3v) is 13.0. The number of rotatable bonds is 8. The topological polar surface area (TPSA) is 0 Å². The summed E-state index contributed by atoms with van der Waals surface area (Å²) in [6.45, 7) is -1.75. The van der Waals surface area contributed by atoms with E-state index < -0.39 is 82.6 Å². The van der Waals surface area contributed by atoms with Crippen LogP contribution in [-0.2, 0) is 24.7 Å². The van der Waals surface area contributed by atoms with E-state index in [1.807, 2.05) is 0 Å². The maximum atomic E-state index is 15.3. The summed E-state index contributed by atoms with van der Waals surface area (Å²) in [7, 11) is 0. The molecule has 10 aromatic carbocycles. The van der Waals surface area contributed by atoms with Gasteiger partial charge in [0, 0.05) is 11.1 Å². The van der Waals surface area contributed by atoms with Crippen molar-refractivity contribution >= 4 is 78.5 Å². The first-order chi connectivity index (χ1) is 33.3. The van der Waals surface area contributed by atoms with Crippen molar-refractivity contribution in [2.75, 3.05) is 0 Å². The number of hydrogen-bond donors (Lipinski definition) is 0. The molecule has 0 radical (unpaired) electrons. The lowest BCUT2D eigenvalue weighted by molar-refractivity contribution is -0.143. The molecule has 10 rings (SSSR count). The van der Waals surface area contributed by atoms with Gasteiger partial charge >= 0.3 is 24.7 Å². The van der Waals surface area contributed by atoms with Crippen LogP contribution in [0.1, 0.15) is 22.3 Å². The van der Waals surface area contributed by atoms with Crippen LogP contribution in [0.15, 0.2) is 194 Å². The third kappa shape index (κ3) is 8.12. The number of benzene rings is 10. The van der Waals surface area contributed by atoms with Gasteiger partial charge in [-0.1, -0.05) is 203 Å². The van der Waals surface area contributed by atoms with E-state index in [2.05, 4.69) is 0 Å². The van der Waals surface area contributed by atoms with Crippen molar-refractivity contribution in [3.05, 3.63) is 216 Å². The summed E-state index contributed by atoms with van der Waals surface area (Å²) in [4.78, 5) is 0. The largest absolute Gasteiger partial charge is 0.417 e.